The van der Waals surface area contributed by atoms with E-state index in [9.17, 15) is 0 Å². The first-order chi connectivity index (χ1) is 55.4. The van der Waals surface area contributed by atoms with Crippen LogP contribution in [-0.2, 0) is 10.8 Å². The first-order valence-electron chi connectivity index (χ1n) is 38.7. The molecular formula is C106H72N6O. The highest BCUT2D eigenvalue weighted by Crippen LogP contribution is 2.54. The molecule has 2 aliphatic carbocycles. The maximum absolute atomic E-state index is 6.40. The largest absolute Gasteiger partial charge is 0.455 e. The minimum Gasteiger partial charge on any atom is -0.455 e. The molecule has 2 aliphatic rings. The van der Waals surface area contributed by atoms with Crippen molar-refractivity contribution in [2.24, 2.45) is 0 Å². The van der Waals surface area contributed by atoms with Crippen molar-refractivity contribution in [1.82, 2.24) is 29.9 Å². The Morgan fingerprint density at radius 2 is 0.522 bits per heavy atom. The number of furan rings is 1. The third kappa shape index (κ3) is 11.7. The van der Waals surface area contributed by atoms with Crippen molar-refractivity contribution in [2.45, 2.75) is 38.5 Å². The van der Waals surface area contributed by atoms with Gasteiger partial charge in [0.05, 0.1) is 5.56 Å². The standard InChI is InChI=1S/C54H37N3.C52H35N3O/c1-54(2)49-20-8-7-19-46(49)47-28-27-36-23-24-42(33-48(36)50(47)54)40-16-9-15-39(29-40)41-17-10-18-43(32-41)51-55-52(44-25-21-34-11-3-5-13-37(34)30-44)57-53(56-51)45-26-22-35-12-4-6-14-38(35)31-45;1-52(2)45-20-8-6-16-39(45)41-29-28-33-24-27-38(31-44(33)47(41)52)37-15-10-14-36(30-37)32-22-25-35(26-23-32)50-53-49(34-12-4-3-5-13-34)54-51(55-50)43-19-11-18-42-40-17-7-9-21-46(40)56-48(42)43/h3-33H,1-2H3;3-31H,1-2H3. The molecule has 0 radical (unpaired) electrons. The van der Waals surface area contributed by atoms with Crippen LogP contribution in [-0.4, -0.2) is 29.9 Å². The van der Waals surface area contributed by atoms with Gasteiger partial charge in [0.2, 0.25) is 0 Å². The van der Waals surface area contributed by atoms with Gasteiger partial charge in [-0.2, -0.15) is 0 Å². The smallest absolute Gasteiger partial charge is 0.167 e. The third-order valence-electron chi connectivity index (χ3n) is 23.4. The van der Waals surface area contributed by atoms with E-state index in [-0.39, 0.29) is 10.8 Å². The number of hydrogen-bond acceptors (Lipinski definition) is 7. The summed E-state index contributed by atoms with van der Waals surface area (Å²) in [6.45, 7) is 9.43. The van der Waals surface area contributed by atoms with Gasteiger partial charge >= 0.3 is 0 Å². The number of para-hydroxylation sites is 2. The Morgan fingerprint density at radius 1 is 0.195 bits per heavy atom. The molecule has 7 heteroatoms. The van der Waals surface area contributed by atoms with E-state index < -0.39 is 0 Å². The summed E-state index contributed by atoms with van der Waals surface area (Å²) in [6, 6.07) is 129. The highest BCUT2D eigenvalue weighted by molar-refractivity contribution is 6.09. The van der Waals surface area contributed by atoms with Gasteiger partial charge in [-0.25, -0.2) is 29.9 Å². The molecule has 0 aliphatic heterocycles. The van der Waals surface area contributed by atoms with Crippen LogP contribution in [0.4, 0.5) is 0 Å². The summed E-state index contributed by atoms with van der Waals surface area (Å²) in [6.07, 6.45) is 0. The van der Waals surface area contributed by atoms with Crippen LogP contribution in [0.2, 0.25) is 0 Å². The first kappa shape index (κ1) is 66.8. The predicted molar refractivity (Wildman–Crippen MR) is 466 cm³/mol. The number of hydrogen-bond donors (Lipinski definition) is 0. The zero-order valence-electron chi connectivity index (χ0n) is 62.7. The Bertz CT molecular complexity index is 7160. The van der Waals surface area contributed by atoms with Gasteiger partial charge in [0, 0.05) is 49.4 Å². The van der Waals surface area contributed by atoms with Crippen molar-refractivity contribution in [2.75, 3.05) is 0 Å². The van der Waals surface area contributed by atoms with Crippen LogP contribution >= 0.6 is 0 Å². The molecule has 0 unspecified atom stereocenters. The lowest BCUT2D eigenvalue weighted by Crippen LogP contribution is -2.15. The fourth-order valence-corrected chi connectivity index (χ4v) is 17.7. The second kappa shape index (κ2) is 26.7. The summed E-state index contributed by atoms with van der Waals surface area (Å²) in [5.41, 5.74) is 27.3. The summed E-state index contributed by atoms with van der Waals surface area (Å²) in [5, 5.41) is 11.9. The molecule has 113 heavy (non-hydrogen) atoms. The van der Waals surface area contributed by atoms with Crippen molar-refractivity contribution in [3.05, 3.63) is 386 Å². The molecule has 7 nitrogen and oxygen atoms in total. The maximum Gasteiger partial charge on any atom is 0.167 e. The molecule has 0 spiro atoms. The Kier molecular flexibility index (Phi) is 15.8. The molecule has 532 valence electrons. The number of aromatic nitrogens is 6. The molecule has 22 rings (SSSR count). The highest BCUT2D eigenvalue weighted by atomic mass is 16.3. The van der Waals surface area contributed by atoms with Crippen molar-refractivity contribution in [3.8, 4) is 135 Å². The fraction of sp³-hybridized carbons (Fsp3) is 0.0566. The van der Waals surface area contributed by atoms with E-state index in [2.05, 4.69) is 331 Å². The first-order valence-corrected chi connectivity index (χ1v) is 38.7. The minimum absolute atomic E-state index is 0.0738. The molecular weight excluding hydrogens is 1370 g/mol. The van der Waals surface area contributed by atoms with Gasteiger partial charge in [-0.3, -0.25) is 0 Å². The SMILES string of the molecule is CC1(C)c2ccccc2-c2ccc3ccc(-c4cccc(-c5ccc(-c6nc(-c7ccccc7)nc(-c7cccc8c7oc7ccccc78)n6)cc5)c4)cc3c21.CC1(C)c2ccccc2-c2ccc3ccc(-c4cccc(-c5cccc(-c6nc(-c7ccc8ccccc8c7)nc(-c7ccc8ccccc8c7)n6)c5)c4)cc3c21. The quantitative estimate of drug-likeness (QED) is 0.135. The zero-order chi connectivity index (χ0) is 75.5. The summed E-state index contributed by atoms with van der Waals surface area (Å²) in [5.74, 6) is 3.73. The van der Waals surface area contributed by atoms with Gasteiger partial charge in [-0.05, 0) is 187 Å². The molecule has 3 aromatic heterocycles. The van der Waals surface area contributed by atoms with Crippen molar-refractivity contribution < 1.29 is 4.42 Å². The molecule has 0 N–H and O–H groups in total. The normalized spacial score (nSPS) is 12.9. The van der Waals surface area contributed by atoms with Crippen LogP contribution in [0.1, 0.15) is 49.9 Å². The molecule has 0 saturated heterocycles. The molecule has 20 aromatic rings. The molecule has 17 aromatic carbocycles. The number of benzene rings is 17. The second-order valence-electron chi connectivity index (χ2n) is 30.9. The van der Waals surface area contributed by atoms with E-state index in [1.54, 1.807) is 0 Å². The number of fused-ring (bicyclic) bond motifs is 15. The van der Waals surface area contributed by atoms with Crippen LogP contribution in [0.25, 0.3) is 200 Å². The van der Waals surface area contributed by atoms with Gasteiger partial charge < -0.3 is 4.42 Å². The summed E-state index contributed by atoms with van der Waals surface area (Å²) in [4.78, 5) is 30.4. The van der Waals surface area contributed by atoms with Gasteiger partial charge in [0.25, 0.3) is 0 Å². The summed E-state index contributed by atoms with van der Waals surface area (Å²) < 4.78 is 6.40. The van der Waals surface area contributed by atoms with E-state index in [0.717, 1.165) is 88.3 Å². The zero-order valence-corrected chi connectivity index (χ0v) is 62.7. The average molecular weight is 1450 g/mol. The summed E-state index contributed by atoms with van der Waals surface area (Å²) in [7, 11) is 0. The van der Waals surface area contributed by atoms with Crippen LogP contribution in [0, 0.1) is 0 Å². The summed E-state index contributed by atoms with van der Waals surface area (Å²) >= 11 is 0. The average Bonchev–Trinajstić information content (AvgIpc) is 1.57. The van der Waals surface area contributed by atoms with E-state index >= 15 is 0 Å². The number of nitrogens with zero attached hydrogens (tertiary/aromatic N) is 6. The lowest BCUT2D eigenvalue weighted by Gasteiger charge is -2.23. The van der Waals surface area contributed by atoms with E-state index in [4.69, 9.17) is 34.3 Å². The Balaban J connectivity index is 0.000000142. The van der Waals surface area contributed by atoms with Crippen LogP contribution < -0.4 is 0 Å². The molecule has 0 bridgehead atoms. The van der Waals surface area contributed by atoms with E-state index in [0.29, 0.717) is 34.9 Å². The van der Waals surface area contributed by atoms with Crippen LogP contribution in [0.3, 0.4) is 0 Å². The van der Waals surface area contributed by atoms with Crippen LogP contribution in [0.15, 0.2) is 368 Å². The molecule has 0 fully saturated rings. The van der Waals surface area contributed by atoms with Crippen LogP contribution in [0.5, 0.6) is 0 Å². The maximum atomic E-state index is 6.40. The monoisotopic (exact) mass is 1440 g/mol. The second-order valence-corrected chi connectivity index (χ2v) is 30.9. The lowest BCUT2D eigenvalue weighted by molar-refractivity contribution is 0.666. The van der Waals surface area contributed by atoms with Gasteiger partial charge in [0.15, 0.2) is 34.9 Å². The van der Waals surface area contributed by atoms with Gasteiger partial charge in [-0.1, -0.05) is 337 Å². The Labute approximate surface area is 655 Å². The van der Waals surface area contributed by atoms with Gasteiger partial charge in [-0.15, -0.1) is 0 Å². The fourth-order valence-electron chi connectivity index (χ4n) is 17.7. The minimum atomic E-state index is -0.0797. The van der Waals surface area contributed by atoms with E-state index in [1.807, 2.05) is 60.7 Å². The molecule has 0 atom stereocenters. The topological polar surface area (TPSA) is 90.5 Å². The van der Waals surface area contributed by atoms with Crippen molar-refractivity contribution in [1.29, 1.82) is 0 Å². The molecule has 0 saturated carbocycles. The van der Waals surface area contributed by atoms with Crippen molar-refractivity contribution in [3.63, 3.8) is 0 Å². The highest BCUT2D eigenvalue weighted by Gasteiger charge is 2.38. The molecule has 0 amide bonds. The van der Waals surface area contributed by atoms with Gasteiger partial charge in [0.1, 0.15) is 11.2 Å². The Hall–Kier alpha value is -14.4. The van der Waals surface area contributed by atoms with E-state index in [1.165, 1.54) is 99.1 Å². The Morgan fingerprint density at radius 3 is 1.05 bits per heavy atom. The van der Waals surface area contributed by atoms with Crippen molar-refractivity contribution >= 4 is 65.0 Å². The predicted octanol–water partition coefficient (Wildman–Crippen LogP) is 27.5. The third-order valence-corrected chi connectivity index (χ3v) is 23.4. The lowest BCUT2D eigenvalue weighted by atomic mass is 9.80. The number of rotatable bonds is 10. The molecule has 3 heterocycles.